The van der Waals surface area contributed by atoms with Crippen LogP contribution in [0.1, 0.15) is 51.2 Å². The fourth-order valence-corrected chi connectivity index (χ4v) is 3.21. The zero-order valence-electron chi connectivity index (χ0n) is 12.0. The van der Waals surface area contributed by atoms with E-state index in [-0.39, 0.29) is 12.1 Å². The van der Waals surface area contributed by atoms with Gasteiger partial charge in [0.25, 0.3) is 0 Å². The first-order valence-electron chi connectivity index (χ1n) is 7.08. The number of hydrogen-bond donors (Lipinski definition) is 1. The number of aryl methyl sites for hydroxylation is 1. The highest BCUT2D eigenvalue weighted by Gasteiger charge is 2.36. The van der Waals surface area contributed by atoms with Gasteiger partial charge in [-0.2, -0.15) is 0 Å². The van der Waals surface area contributed by atoms with Gasteiger partial charge in [0.05, 0.1) is 6.04 Å². The number of nitrogens with two attached hydrogens (primary N) is 1. The van der Waals surface area contributed by atoms with Gasteiger partial charge < -0.3 is 10.2 Å². The van der Waals surface area contributed by atoms with Gasteiger partial charge in [-0.1, -0.05) is 13.8 Å². The maximum Gasteiger partial charge on any atom is 0.122 e. The van der Waals surface area contributed by atoms with Crippen molar-refractivity contribution in [3.05, 3.63) is 23.7 Å². The second-order valence-electron chi connectivity index (χ2n) is 5.94. The Morgan fingerprint density at radius 1 is 1.33 bits per heavy atom. The third-order valence-corrected chi connectivity index (χ3v) is 4.02. The van der Waals surface area contributed by atoms with Crippen molar-refractivity contribution in [2.45, 2.75) is 58.7 Å². The van der Waals surface area contributed by atoms with Crippen molar-refractivity contribution >= 4 is 0 Å². The Morgan fingerprint density at radius 3 is 2.56 bits per heavy atom. The SMILES string of the molecule is Cc1ccc(C(C(C)N)N2CCCC2C(C)C)o1. The van der Waals surface area contributed by atoms with Gasteiger partial charge in [0.2, 0.25) is 0 Å². The van der Waals surface area contributed by atoms with Crippen molar-refractivity contribution < 1.29 is 4.42 Å². The molecule has 3 atom stereocenters. The van der Waals surface area contributed by atoms with Gasteiger partial charge in [0.1, 0.15) is 11.5 Å². The summed E-state index contributed by atoms with van der Waals surface area (Å²) in [6.45, 7) is 9.81. The molecule has 1 aliphatic heterocycles. The normalized spacial score (nSPS) is 24.7. The van der Waals surface area contributed by atoms with Crippen LogP contribution in [0.5, 0.6) is 0 Å². The Hall–Kier alpha value is -0.800. The minimum Gasteiger partial charge on any atom is -0.465 e. The van der Waals surface area contributed by atoms with Crippen LogP contribution in [0.25, 0.3) is 0 Å². The van der Waals surface area contributed by atoms with Crippen molar-refractivity contribution in [2.24, 2.45) is 11.7 Å². The van der Waals surface area contributed by atoms with Crippen molar-refractivity contribution in [3.8, 4) is 0 Å². The quantitative estimate of drug-likeness (QED) is 0.893. The number of rotatable bonds is 4. The highest BCUT2D eigenvalue weighted by Crippen LogP contribution is 2.34. The van der Waals surface area contributed by atoms with Gasteiger partial charge in [-0.3, -0.25) is 4.90 Å². The lowest BCUT2D eigenvalue weighted by Crippen LogP contribution is -2.43. The first-order chi connectivity index (χ1) is 8.50. The second kappa shape index (κ2) is 5.45. The van der Waals surface area contributed by atoms with E-state index >= 15 is 0 Å². The Morgan fingerprint density at radius 2 is 2.06 bits per heavy atom. The van der Waals surface area contributed by atoms with Crippen LogP contribution in [-0.4, -0.2) is 23.5 Å². The fourth-order valence-electron chi connectivity index (χ4n) is 3.21. The average molecular weight is 250 g/mol. The third kappa shape index (κ3) is 2.62. The Labute approximate surface area is 110 Å². The van der Waals surface area contributed by atoms with Crippen LogP contribution in [0, 0.1) is 12.8 Å². The molecule has 102 valence electrons. The molecule has 1 aliphatic rings. The number of hydrogen-bond acceptors (Lipinski definition) is 3. The monoisotopic (exact) mass is 250 g/mol. The molecule has 18 heavy (non-hydrogen) atoms. The number of nitrogens with zero attached hydrogens (tertiary/aromatic N) is 1. The molecular formula is C15H26N2O. The van der Waals surface area contributed by atoms with Gasteiger partial charge in [0.15, 0.2) is 0 Å². The predicted octanol–water partition coefficient (Wildman–Crippen LogP) is 3.10. The largest absolute Gasteiger partial charge is 0.465 e. The topological polar surface area (TPSA) is 42.4 Å². The molecule has 0 saturated carbocycles. The summed E-state index contributed by atoms with van der Waals surface area (Å²) in [5, 5.41) is 0. The molecule has 0 aromatic carbocycles. The lowest BCUT2D eigenvalue weighted by Gasteiger charge is -2.36. The van der Waals surface area contributed by atoms with Crippen LogP contribution in [0.3, 0.4) is 0 Å². The van der Waals surface area contributed by atoms with Gasteiger partial charge in [-0.15, -0.1) is 0 Å². The Kier molecular flexibility index (Phi) is 4.13. The Bertz CT molecular complexity index is 384. The molecule has 0 aliphatic carbocycles. The van der Waals surface area contributed by atoms with Crippen LogP contribution in [0.15, 0.2) is 16.5 Å². The van der Waals surface area contributed by atoms with E-state index in [0.717, 1.165) is 18.1 Å². The molecule has 0 radical (unpaired) electrons. The van der Waals surface area contributed by atoms with Gasteiger partial charge in [-0.05, 0) is 51.3 Å². The molecule has 2 rings (SSSR count). The molecule has 1 fully saturated rings. The molecule has 2 N–H and O–H groups in total. The number of furan rings is 1. The summed E-state index contributed by atoms with van der Waals surface area (Å²) in [6.07, 6.45) is 2.55. The molecule has 1 aromatic rings. The van der Waals surface area contributed by atoms with E-state index in [9.17, 15) is 0 Å². The van der Waals surface area contributed by atoms with E-state index in [1.165, 1.54) is 12.8 Å². The summed E-state index contributed by atoms with van der Waals surface area (Å²) in [6, 6.07) is 5.06. The minimum absolute atomic E-state index is 0.0925. The van der Waals surface area contributed by atoms with E-state index in [2.05, 4.69) is 31.7 Å². The van der Waals surface area contributed by atoms with Crippen LogP contribution >= 0.6 is 0 Å². The first kappa shape index (κ1) is 13.6. The predicted molar refractivity (Wildman–Crippen MR) is 74.4 cm³/mol. The molecule has 0 spiro atoms. The van der Waals surface area contributed by atoms with Crippen molar-refractivity contribution in [1.29, 1.82) is 0 Å². The van der Waals surface area contributed by atoms with Gasteiger partial charge in [0, 0.05) is 12.1 Å². The molecule has 0 bridgehead atoms. The van der Waals surface area contributed by atoms with E-state index in [4.69, 9.17) is 10.2 Å². The van der Waals surface area contributed by atoms with E-state index < -0.39 is 0 Å². The van der Waals surface area contributed by atoms with Crippen LogP contribution in [0.2, 0.25) is 0 Å². The van der Waals surface area contributed by atoms with E-state index in [1.807, 2.05) is 13.0 Å². The zero-order chi connectivity index (χ0) is 13.3. The summed E-state index contributed by atoms with van der Waals surface area (Å²) >= 11 is 0. The molecule has 3 nitrogen and oxygen atoms in total. The summed E-state index contributed by atoms with van der Waals surface area (Å²) in [5.74, 6) is 2.66. The van der Waals surface area contributed by atoms with Crippen LogP contribution in [-0.2, 0) is 0 Å². The van der Waals surface area contributed by atoms with Gasteiger partial charge >= 0.3 is 0 Å². The van der Waals surface area contributed by atoms with Crippen molar-refractivity contribution in [1.82, 2.24) is 4.90 Å². The molecule has 3 heteroatoms. The van der Waals surface area contributed by atoms with E-state index in [1.54, 1.807) is 0 Å². The first-order valence-corrected chi connectivity index (χ1v) is 7.08. The Balaban J connectivity index is 2.25. The number of likely N-dealkylation sites (tertiary alicyclic amines) is 1. The summed E-state index contributed by atoms with van der Waals surface area (Å²) in [4.78, 5) is 2.55. The maximum absolute atomic E-state index is 6.22. The molecule has 1 aromatic heterocycles. The highest BCUT2D eigenvalue weighted by molar-refractivity contribution is 5.13. The fraction of sp³-hybridized carbons (Fsp3) is 0.733. The van der Waals surface area contributed by atoms with Crippen molar-refractivity contribution in [3.63, 3.8) is 0 Å². The molecular weight excluding hydrogens is 224 g/mol. The third-order valence-electron chi connectivity index (χ3n) is 4.02. The summed E-state index contributed by atoms with van der Waals surface area (Å²) in [5.41, 5.74) is 6.22. The summed E-state index contributed by atoms with van der Waals surface area (Å²) < 4.78 is 5.83. The van der Waals surface area contributed by atoms with Crippen molar-refractivity contribution in [2.75, 3.05) is 6.54 Å². The molecule has 0 amide bonds. The summed E-state index contributed by atoms with van der Waals surface area (Å²) in [7, 11) is 0. The molecule has 1 saturated heterocycles. The molecule has 3 unspecified atom stereocenters. The standard InChI is InChI=1S/C15H26N2O/c1-10(2)13-6-5-9-17(13)15(12(4)16)14-8-7-11(3)18-14/h7-8,10,12-13,15H,5-6,9,16H2,1-4H3. The lowest BCUT2D eigenvalue weighted by atomic mass is 9.98. The molecule has 2 heterocycles. The van der Waals surface area contributed by atoms with Crippen LogP contribution in [0.4, 0.5) is 0 Å². The van der Waals surface area contributed by atoms with Crippen LogP contribution < -0.4 is 5.73 Å². The lowest BCUT2D eigenvalue weighted by molar-refractivity contribution is 0.113. The average Bonchev–Trinajstić information content (AvgIpc) is 2.88. The second-order valence-corrected chi connectivity index (χ2v) is 5.94. The smallest absolute Gasteiger partial charge is 0.122 e. The maximum atomic E-state index is 6.22. The highest BCUT2D eigenvalue weighted by atomic mass is 16.3. The van der Waals surface area contributed by atoms with E-state index in [0.29, 0.717) is 12.0 Å². The minimum atomic E-state index is 0.0925. The van der Waals surface area contributed by atoms with Gasteiger partial charge in [-0.25, -0.2) is 0 Å². The zero-order valence-corrected chi connectivity index (χ0v) is 12.0.